The minimum absolute atomic E-state index is 0.806. The van der Waals surface area contributed by atoms with E-state index in [-0.39, 0.29) is 0 Å². The maximum atomic E-state index is 3.36. The van der Waals surface area contributed by atoms with E-state index >= 15 is 0 Å². The van der Waals surface area contributed by atoms with Gasteiger partial charge in [-0.25, -0.2) is 0 Å². The van der Waals surface area contributed by atoms with Crippen LogP contribution in [0.25, 0.3) is 5.57 Å². The van der Waals surface area contributed by atoms with Crippen LogP contribution in [-0.2, 0) is 0 Å². The van der Waals surface area contributed by atoms with E-state index in [1.165, 1.54) is 0 Å². The van der Waals surface area contributed by atoms with Crippen LogP contribution in [0, 0.1) is 23.7 Å². The molecular formula is C30H20. The van der Waals surface area contributed by atoms with Crippen molar-refractivity contribution in [2.24, 2.45) is 0 Å². The Morgan fingerprint density at radius 2 is 0.733 bits per heavy atom. The second-order valence-corrected chi connectivity index (χ2v) is 6.71. The minimum atomic E-state index is 0.806. The number of benzene rings is 4. The van der Waals surface area contributed by atoms with Crippen molar-refractivity contribution in [3.63, 3.8) is 0 Å². The zero-order chi connectivity index (χ0) is 20.4. The molecule has 0 bridgehead atoms. The minimum Gasteiger partial charge on any atom is -0.0622 e. The molecule has 0 saturated heterocycles. The number of hydrogen-bond acceptors (Lipinski definition) is 0. The number of allylic oxidation sites excluding steroid dienone is 1. The van der Waals surface area contributed by atoms with E-state index in [9.17, 15) is 0 Å². The molecule has 0 aliphatic rings. The molecule has 0 aliphatic heterocycles. The molecule has 0 atom stereocenters. The summed E-state index contributed by atoms with van der Waals surface area (Å²) in [5.41, 5.74) is 5.99. The highest BCUT2D eigenvalue weighted by Crippen LogP contribution is 2.26. The van der Waals surface area contributed by atoms with Crippen LogP contribution in [0.4, 0.5) is 0 Å². The third-order valence-corrected chi connectivity index (χ3v) is 4.59. The smallest absolute Gasteiger partial charge is 0.0622 e. The lowest BCUT2D eigenvalue weighted by molar-refractivity contribution is 1.53. The normalized spacial score (nSPS) is 9.47. The van der Waals surface area contributed by atoms with Gasteiger partial charge in [0, 0.05) is 16.7 Å². The van der Waals surface area contributed by atoms with Gasteiger partial charge in [-0.1, -0.05) is 121 Å². The standard InChI is InChI=1S/C30H20/c1-5-13-25(14-6-1)21-23-29(24-22-26-15-7-2-8-16-26)30(27-17-9-3-10-18-27)28-19-11-4-12-20-28/h1-20H. The maximum Gasteiger partial charge on any atom is 0.0835 e. The molecule has 0 aromatic heterocycles. The van der Waals surface area contributed by atoms with Crippen molar-refractivity contribution < 1.29 is 0 Å². The molecule has 0 heterocycles. The van der Waals surface area contributed by atoms with Crippen LogP contribution in [0.5, 0.6) is 0 Å². The predicted octanol–water partition coefficient (Wildman–Crippen LogP) is 6.59. The molecule has 0 aliphatic carbocycles. The van der Waals surface area contributed by atoms with Crippen molar-refractivity contribution in [2.45, 2.75) is 0 Å². The third-order valence-electron chi connectivity index (χ3n) is 4.59. The van der Waals surface area contributed by atoms with E-state index in [0.717, 1.165) is 33.4 Å². The molecule has 4 aromatic carbocycles. The number of rotatable bonds is 2. The fraction of sp³-hybridized carbons (Fsp3) is 0. The summed E-state index contributed by atoms with van der Waals surface area (Å²) in [7, 11) is 0. The van der Waals surface area contributed by atoms with Gasteiger partial charge in [-0.2, -0.15) is 0 Å². The average Bonchev–Trinajstić information content (AvgIpc) is 2.83. The Morgan fingerprint density at radius 1 is 0.400 bits per heavy atom. The zero-order valence-electron chi connectivity index (χ0n) is 16.5. The van der Waals surface area contributed by atoms with Gasteiger partial charge in [-0.15, -0.1) is 0 Å². The zero-order valence-corrected chi connectivity index (χ0v) is 16.5. The van der Waals surface area contributed by atoms with Gasteiger partial charge < -0.3 is 0 Å². The topological polar surface area (TPSA) is 0 Å². The van der Waals surface area contributed by atoms with E-state index in [4.69, 9.17) is 0 Å². The first-order chi connectivity index (χ1) is 14.9. The first-order valence-electron chi connectivity index (χ1n) is 9.89. The Labute approximate surface area is 178 Å². The molecule has 0 radical (unpaired) electrons. The summed E-state index contributed by atoms with van der Waals surface area (Å²) in [4.78, 5) is 0. The van der Waals surface area contributed by atoms with Gasteiger partial charge >= 0.3 is 0 Å². The third kappa shape index (κ3) is 4.96. The Hall–Kier alpha value is -4.26. The highest BCUT2D eigenvalue weighted by Gasteiger charge is 2.09. The molecule has 0 saturated carbocycles. The molecule has 140 valence electrons. The van der Waals surface area contributed by atoms with Crippen molar-refractivity contribution in [1.82, 2.24) is 0 Å². The van der Waals surface area contributed by atoms with E-state index in [0.29, 0.717) is 0 Å². The summed E-state index contributed by atoms with van der Waals surface area (Å²) in [6.07, 6.45) is 0. The molecular weight excluding hydrogens is 360 g/mol. The molecule has 0 heteroatoms. The summed E-state index contributed by atoms with van der Waals surface area (Å²) < 4.78 is 0. The Bertz CT molecular complexity index is 1140. The first kappa shape index (κ1) is 19.1. The van der Waals surface area contributed by atoms with Crippen LogP contribution in [0.15, 0.2) is 127 Å². The molecule has 0 unspecified atom stereocenters. The van der Waals surface area contributed by atoms with Gasteiger partial charge in [0.1, 0.15) is 0 Å². The Kier molecular flexibility index (Phi) is 6.22. The molecule has 0 N–H and O–H groups in total. The molecule has 4 aromatic rings. The van der Waals surface area contributed by atoms with Crippen molar-refractivity contribution >= 4 is 5.57 Å². The van der Waals surface area contributed by atoms with Crippen LogP contribution >= 0.6 is 0 Å². The molecule has 0 spiro atoms. The van der Waals surface area contributed by atoms with Gasteiger partial charge in [0.05, 0.1) is 5.57 Å². The Balaban J connectivity index is 1.93. The lowest BCUT2D eigenvalue weighted by atomic mass is 9.93. The van der Waals surface area contributed by atoms with Crippen molar-refractivity contribution in [1.29, 1.82) is 0 Å². The quantitative estimate of drug-likeness (QED) is 0.344. The van der Waals surface area contributed by atoms with Gasteiger partial charge in [-0.05, 0) is 35.4 Å². The second-order valence-electron chi connectivity index (χ2n) is 6.71. The van der Waals surface area contributed by atoms with Crippen LogP contribution in [0.1, 0.15) is 22.3 Å². The summed E-state index contributed by atoms with van der Waals surface area (Å²) in [6, 6.07) is 40.7. The van der Waals surface area contributed by atoms with Gasteiger partial charge in [0.2, 0.25) is 0 Å². The molecule has 0 amide bonds. The van der Waals surface area contributed by atoms with Crippen molar-refractivity contribution in [2.75, 3.05) is 0 Å². The van der Waals surface area contributed by atoms with Crippen LogP contribution in [0.3, 0.4) is 0 Å². The van der Waals surface area contributed by atoms with Crippen LogP contribution in [0.2, 0.25) is 0 Å². The van der Waals surface area contributed by atoms with Gasteiger partial charge in [0.25, 0.3) is 0 Å². The molecule has 0 fully saturated rings. The first-order valence-corrected chi connectivity index (χ1v) is 9.89. The second kappa shape index (κ2) is 9.79. The summed E-state index contributed by atoms with van der Waals surface area (Å²) in [5.74, 6) is 13.3. The van der Waals surface area contributed by atoms with E-state index in [2.05, 4.69) is 47.9 Å². The van der Waals surface area contributed by atoms with Crippen LogP contribution < -0.4 is 0 Å². The highest BCUT2D eigenvalue weighted by molar-refractivity contribution is 5.87. The van der Waals surface area contributed by atoms with Gasteiger partial charge in [-0.3, -0.25) is 0 Å². The summed E-state index contributed by atoms with van der Waals surface area (Å²) in [5, 5.41) is 0. The van der Waals surface area contributed by atoms with Crippen LogP contribution in [-0.4, -0.2) is 0 Å². The van der Waals surface area contributed by atoms with E-state index in [1.807, 2.05) is 97.1 Å². The maximum absolute atomic E-state index is 3.36. The fourth-order valence-electron chi connectivity index (χ4n) is 3.13. The van der Waals surface area contributed by atoms with E-state index in [1.54, 1.807) is 0 Å². The summed E-state index contributed by atoms with van der Waals surface area (Å²) >= 11 is 0. The monoisotopic (exact) mass is 380 g/mol. The fourth-order valence-corrected chi connectivity index (χ4v) is 3.13. The average molecular weight is 380 g/mol. The van der Waals surface area contributed by atoms with Crippen molar-refractivity contribution in [3.05, 3.63) is 149 Å². The summed E-state index contributed by atoms with van der Waals surface area (Å²) in [6.45, 7) is 0. The van der Waals surface area contributed by atoms with E-state index < -0.39 is 0 Å². The lowest BCUT2D eigenvalue weighted by Crippen LogP contribution is -1.93. The Morgan fingerprint density at radius 3 is 1.10 bits per heavy atom. The van der Waals surface area contributed by atoms with Gasteiger partial charge in [0.15, 0.2) is 0 Å². The largest absolute Gasteiger partial charge is 0.0835 e. The van der Waals surface area contributed by atoms with Crippen molar-refractivity contribution in [3.8, 4) is 23.7 Å². The molecule has 30 heavy (non-hydrogen) atoms. The predicted molar refractivity (Wildman–Crippen MR) is 126 cm³/mol. The number of hydrogen-bond donors (Lipinski definition) is 0. The molecule has 0 nitrogen and oxygen atoms in total. The lowest BCUT2D eigenvalue weighted by Gasteiger charge is -2.09. The SMILES string of the molecule is C(#Cc1ccccc1)C(C#Cc1ccccc1)=C(c1ccccc1)c1ccccc1. The molecule has 4 rings (SSSR count). The highest BCUT2D eigenvalue weighted by atomic mass is 14.1.